The zero-order valence-corrected chi connectivity index (χ0v) is 13.9. The number of likely N-dealkylation sites (N-methyl/N-ethyl adjacent to an activating group) is 1. The van der Waals surface area contributed by atoms with Gasteiger partial charge in [0.1, 0.15) is 5.70 Å². The minimum absolute atomic E-state index is 0.225. The molecule has 8 heteroatoms. The standard InChI is InChI=1S/C16H20N6O2/c1-5-20(3)15(23)22-13(10-17)14(21(4)16(22)24)19-11(2)12-6-8-18-9-7-12/h6-10H,2,5,17H2,1,3-4H3/b13-10+,19-14+. The lowest BCUT2D eigenvalue weighted by molar-refractivity contribution is 0.174. The van der Waals surface area contributed by atoms with E-state index in [0.717, 1.165) is 10.5 Å². The maximum atomic E-state index is 12.5. The molecule has 1 saturated heterocycles. The molecular formula is C16H20N6O2. The Kier molecular flexibility index (Phi) is 4.98. The second-order valence-electron chi connectivity index (χ2n) is 5.14. The average Bonchev–Trinajstić information content (AvgIpc) is 2.85. The van der Waals surface area contributed by atoms with Crippen molar-refractivity contribution in [1.82, 2.24) is 19.7 Å². The summed E-state index contributed by atoms with van der Waals surface area (Å²) in [6.45, 7) is 6.18. The Morgan fingerprint density at radius 3 is 2.62 bits per heavy atom. The van der Waals surface area contributed by atoms with Crippen LogP contribution >= 0.6 is 0 Å². The molecule has 8 nitrogen and oxygen atoms in total. The lowest BCUT2D eigenvalue weighted by Crippen LogP contribution is -2.42. The number of pyridine rings is 1. The van der Waals surface area contributed by atoms with E-state index in [0.29, 0.717) is 12.2 Å². The number of imide groups is 1. The molecule has 0 aliphatic carbocycles. The number of urea groups is 2. The van der Waals surface area contributed by atoms with E-state index >= 15 is 0 Å². The number of carbonyl (C=O) groups excluding carboxylic acids is 2. The lowest BCUT2D eigenvalue weighted by atomic mass is 10.2. The summed E-state index contributed by atoms with van der Waals surface area (Å²) in [5, 5.41) is 0. The molecule has 0 unspecified atom stereocenters. The van der Waals surface area contributed by atoms with E-state index < -0.39 is 12.1 Å². The van der Waals surface area contributed by atoms with Crippen molar-refractivity contribution in [3.63, 3.8) is 0 Å². The lowest BCUT2D eigenvalue weighted by Gasteiger charge is -2.21. The highest BCUT2D eigenvalue weighted by Gasteiger charge is 2.42. The van der Waals surface area contributed by atoms with Crippen LogP contribution < -0.4 is 5.73 Å². The molecule has 0 spiro atoms. The van der Waals surface area contributed by atoms with Crippen LogP contribution in [0.1, 0.15) is 12.5 Å². The molecular weight excluding hydrogens is 308 g/mol. The second kappa shape index (κ2) is 6.95. The van der Waals surface area contributed by atoms with Crippen molar-refractivity contribution in [2.75, 3.05) is 20.6 Å². The first-order chi connectivity index (χ1) is 11.4. The number of aromatic nitrogens is 1. The zero-order chi connectivity index (χ0) is 17.9. The van der Waals surface area contributed by atoms with Gasteiger partial charge in [0, 0.05) is 44.8 Å². The Morgan fingerprint density at radius 2 is 2.08 bits per heavy atom. The van der Waals surface area contributed by atoms with Crippen molar-refractivity contribution < 1.29 is 9.59 Å². The summed E-state index contributed by atoms with van der Waals surface area (Å²) in [7, 11) is 3.14. The first-order valence-electron chi connectivity index (χ1n) is 7.35. The fraction of sp³-hybridized carbons (Fsp3) is 0.250. The van der Waals surface area contributed by atoms with Crippen LogP contribution in [0, 0.1) is 0 Å². The summed E-state index contributed by atoms with van der Waals surface area (Å²) in [6.07, 6.45) is 4.44. The maximum absolute atomic E-state index is 12.5. The van der Waals surface area contributed by atoms with E-state index in [-0.39, 0.29) is 11.5 Å². The van der Waals surface area contributed by atoms with Crippen LogP contribution in [0.2, 0.25) is 0 Å². The number of aliphatic imine (C=N–C) groups is 1. The Labute approximate surface area is 140 Å². The quantitative estimate of drug-likeness (QED) is 0.913. The van der Waals surface area contributed by atoms with Gasteiger partial charge in [0.25, 0.3) is 0 Å². The molecule has 2 N–H and O–H groups in total. The van der Waals surface area contributed by atoms with Crippen molar-refractivity contribution in [3.05, 3.63) is 48.6 Å². The van der Waals surface area contributed by atoms with Gasteiger partial charge >= 0.3 is 12.1 Å². The average molecular weight is 328 g/mol. The Morgan fingerprint density at radius 1 is 1.46 bits per heavy atom. The van der Waals surface area contributed by atoms with E-state index in [1.165, 1.54) is 23.0 Å². The number of nitrogens with zero attached hydrogens (tertiary/aromatic N) is 5. The van der Waals surface area contributed by atoms with Crippen LogP contribution in [0.5, 0.6) is 0 Å². The van der Waals surface area contributed by atoms with Gasteiger partial charge in [-0.3, -0.25) is 9.88 Å². The smallest absolute Gasteiger partial charge is 0.338 e. The highest BCUT2D eigenvalue weighted by molar-refractivity contribution is 6.20. The maximum Gasteiger partial charge on any atom is 0.338 e. The van der Waals surface area contributed by atoms with E-state index in [1.807, 2.05) is 6.92 Å². The van der Waals surface area contributed by atoms with Gasteiger partial charge < -0.3 is 10.6 Å². The molecule has 126 valence electrons. The Balaban J connectivity index is 2.41. The summed E-state index contributed by atoms with van der Waals surface area (Å²) in [6, 6.07) is 2.52. The summed E-state index contributed by atoms with van der Waals surface area (Å²) in [4.78, 5) is 36.9. The molecule has 2 heterocycles. The van der Waals surface area contributed by atoms with Gasteiger partial charge in [-0.15, -0.1) is 0 Å². The number of carbonyl (C=O) groups is 2. The van der Waals surface area contributed by atoms with E-state index in [2.05, 4.69) is 16.6 Å². The second-order valence-corrected chi connectivity index (χ2v) is 5.14. The number of rotatable bonds is 3. The van der Waals surface area contributed by atoms with E-state index in [4.69, 9.17) is 5.73 Å². The van der Waals surface area contributed by atoms with Gasteiger partial charge in [-0.25, -0.2) is 19.5 Å². The topological polar surface area (TPSA) is 95.1 Å². The van der Waals surface area contributed by atoms with Crippen LogP contribution in [-0.4, -0.2) is 58.2 Å². The number of amides is 4. The largest absolute Gasteiger partial charge is 0.403 e. The van der Waals surface area contributed by atoms with Crippen molar-refractivity contribution in [2.24, 2.45) is 10.7 Å². The number of hydrogen-bond acceptors (Lipinski definition) is 5. The summed E-state index contributed by atoms with van der Waals surface area (Å²) in [5.41, 5.74) is 7.07. The minimum atomic E-state index is -0.515. The van der Waals surface area contributed by atoms with Crippen molar-refractivity contribution in [3.8, 4) is 0 Å². The number of amidine groups is 1. The van der Waals surface area contributed by atoms with Gasteiger partial charge in [0.15, 0.2) is 5.84 Å². The molecule has 0 saturated carbocycles. The van der Waals surface area contributed by atoms with Crippen LogP contribution in [0.4, 0.5) is 9.59 Å². The monoisotopic (exact) mass is 328 g/mol. The SMILES string of the molecule is C=C(/N=C1\C(=C/N)N(C(=O)N(C)CC)C(=O)N1C)c1ccncc1. The highest BCUT2D eigenvalue weighted by Crippen LogP contribution is 2.24. The predicted molar refractivity (Wildman–Crippen MR) is 91.7 cm³/mol. The molecule has 1 fully saturated rings. The molecule has 0 atom stereocenters. The molecule has 0 bridgehead atoms. The molecule has 1 aromatic rings. The first-order valence-corrected chi connectivity index (χ1v) is 7.35. The molecule has 1 aliphatic rings. The van der Waals surface area contributed by atoms with Crippen molar-refractivity contribution >= 4 is 23.6 Å². The van der Waals surface area contributed by atoms with Gasteiger partial charge in [-0.05, 0) is 19.1 Å². The highest BCUT2D eigenvalue weighted by atomic mass is 16.2. The zero-order valence-electron chi connectivity index (χ0n) is 13.9. The molecule has 0 aromatic carbocycles. The van der Waals surface area contributed by atoms with Crippen LogP contribution in [0.3, 0.4) is 0 Å². The number of hydrogen-bond donors (Lipinski definition) is 1. The first kappa shape index (κ1) is 17.2. The fourth-order valence-electron chi connectivity index (χ4n) is 2.12. The number of nitrogens with two attached hydrogens (primary N) is 1. The molecule has 2 rings (SSSR count). The normalized spacial score (nSPS) is 17.7. The van der Waals surface area contributed by atoms with Crippen LogP contribution in [0.25, 0.3) is 5.70 Å². The van der Waals surface area contributed by atoms with Crippen molar-refractivity contribution in [1.29, 1.82) is 0 Å². The summed E-state index contributed by atoms with van der Waals surface area (Å²) in [5.74, 6) is 0.266. The van der Waals surface area contributed by atoms with Gasteiger partial charge in [0.05, 0.1) is 5.70 Å². The van der Waals surface area contributed by atoms with Gasteiger partial charge in [0.2, 0.25) is 0 Å². The minimum Gasteiger partial charge on any atom is -0.403 e. The van der Waals surface area contributed by atoms with Gasteiger partial charge in [-0.1, -0.05) is 6.58 Å². The Bertz CT molecular complexity index is 725. The summed E-state index contributed by atoms with van der Waals surface area (Å²) < 4.78 is 0. The molecule has 4 amide bonds. The van der Waals surface area contributed by atoms with Gasteiger partial charge in [-0.2, -0.15) is 0 Å². The predicted octanol–water partition coefficient (Wildman–Crippen LogP) is 1.69. The fourth-order valence-corrected chi connectivity index (χ4v) is 2.12. The van der Waals surface area contributed by atoms with Crippen molar-refractivity contribution in [2.45, 2.75) is 6.92 Å². The third kappa shape index (κ3) is 2.98. The van der Waals surface area contributed by atoms with Crippen LogP contribution in [0.15, 0.2) is 48.0 Å². The molecule has 0 radical (unpaired) electrons. The van der Waals surface area contributed by atoms with Crippen LogP contribution in [-0.2, 0) is 0 Å². The summed E-state index contributed by atoms with van der Waals surface area (Å²) >= 11 is 0. The third-order valence-electron chi connectivity index (χ3n) is 3.67. The third-order valence-corrected chi connectivity index (χ3v) is 3.67. The molecule has 24 heavy (non-hydrogen) atoms. The van der Waals surface area contributed by atoms with E-state index in [1.54, 1.807) is 31.6 Å². The van der Waals surface area contributed by atoms with E-state index in [9.17, 15) is 9.59 Å². The molecule has 1 aromatic heterocycles. The molecule has 1 aliphatic heterocycles. The Hall–Kier alpha value is -3.16.